The lowest BCUT2D eigenvalue weighted by Crippen LogP contribution is -2.09. The van der Waals surface area contributed by atoms with E-state index in [9.17, 15) is 0 Å². The Morgan fingerprint density at radius 1 is 1.67 bits per heavy atom. The molecule has 2 nitrogen and oxygen atoms in total. The molecule has 9 heavy (non-hydrogen) atoms. The first-order valence-electron chi connectivity index (χ1n) is 3.05. The lowest BCUT2D eigenvalue weighted by molar-refractivity contribution is 0.0758. The van der Waals surface area contributed by atoms with Crippen LogP contribution < -0.4 is 0 Å². The van der Waals surface area contributed by atoms with Gasteiger partial charge in [0.25, 0.3) is 0 Å². The number of aliphatic hydroxyl groups is 1. The van der Waals surface area contributed by atoms with Crippen molar-refractivity contribution in [3.63, 3.8) is 0 Å². The van der Waals surface area contributed by atoms with Crippen molar-refractivity contribution in [3.05, 3.63) is 0 Å². The Hall–Kier alpha value is 0.210. The van der Waals surface area contributed by atoms with Crippen molar-refractivity contribution >= 4 is 11.6 Å². The van der Waals surface area contributed by atoms with Gasteiger partial charge in [-0.2, -0.15) is 0 Å². The van der Waals surface area contributed by atoms with Crippen LogP contribution in [0.1, 0.15) is 6.92 Å². The van der Waals surface area contributed by atoms with Crippen LogP contribution in [0.3, 0.4) is 0 Å². The number of aliphatic hydroxyl groups excluding tert-OH is 1. The number of hydrogen-bond acceptors (Lipinski definition) is 2. The molecule has 0 radical (unpaired) electrons. The maximum atomic E-state index is 8.29. The summed E-state index contributed by atoms with van der Waals surface area (Å²) in [5, 5.41) is 8.29. The van der Waals surface area contributed by atoms with Crippen molar-refractivity contribution in [2.45, 2.75) is 6.92 Å². The Morgan fingerprint density at radius 3 is 2.78 bits per heavy atom. The zero-order valence-electron chi connectivity index (χ0n) is 5.64. The van der Waals surface area contributed by atoms with Gasteiger partial charge in [0.2, 0.25) is 0 Å². The highest BCUT2D eigenvalue weighted by molar-refractivity contribution is 6.18. The highest BCUT2D eigenvalue weighted by Crippen LogP contribution is 1.97. The van der Waals surface area contributed by atoms with Crippen LogP contribution in [0.15, 0.2) is 0 Å². The summed E-state index contributed by atoms with van der Waals surface area (Å²) in [6.07, 6.45) is 0. The second-order valence-electron chi connectivity index (χ2n) is 2.06. The molecule has 0 saturated heterocycles. The van der Waals surface area contributed by atoms with Crippen molar-refractivity contribution in [1.29, 1.82) is 0 Å². The van der Waals surface area contributed by atoms with Crippen molar-refractivity contribution in [1.82, 2.24) is 0 Å². The number of hydrogen-bond donors (Lipinski definition) is 1. The van der Waals surface area contributed by atoms with Crippen LogP contribution in [0.2, 0.25) is 0 Å². The lowest BCUT2D eigenvalue weighted by atomic mass is 10.2. The van der Waals surface area contributed by atoms with E-state index in [0.29, 0.717) is 25.0 Å². The zero-order chi connectivity index (χ0) is 7.11. The molecule has 0 bridgehead atoms. The molecule has 56 valence electrons. The highest BCUT2D eigenvalue weighted by Gasteiger charge is 1.97. The van der Waals surface area contributed by atoms with Crippen LogP contribution >= 0.6 is 11.6 Å². The second kappa shape index (κ2) is 6.33. The predicted octanol–water partition coefficient (Wildman–Crippen LogP) is 0.870. The van der Waals surface area contributed by atoms with E-state index < -0.39 is 0 Å². The van der Waals surface area contributed by atoms with Crippen LogP contribution in [-0.4, -0.2) is 30.8 Å². The van der Waals surface area contributed by atoms with Gasteiger partial charge in [0.05, 0.1) is 19.8 Å². The van der Waals surface area contributed by atoms with Gasteiger partial charge in [0.1, 0.15) is 0 Å². The van der Waals surface area contributed by atoms with Crippen LogP contribution in [-0.2, 0) is 4.74 Å². The van der Waals surface area contributed by atoms with Crippen molar-refractivity contribution in [3.8, 4) is 0 Å². The smallest absolute Gasteiger partial charge is 0.0697 e. The summed E-state index contributed by atoms with van der Waals surface area (Å²) in [6.45, 7) is 3.16. The summed E-state index contributed by atoms with van der Waals surface area (Å²) < 4.78 is 5.00. The van der Waals surface area contributed by atoms with E-state index in [1.54, 1.807) is 0 Å². The molecule has 0 aromatic rings. The number of halogens is 1. The first-order valence-corrected chi connectivity index (χ1v) is 3.59. The molecule has 0 aromatic heterocycles. The predicted molar refractivity (Wildman–Crippen MR) is 37.8 cm³/mol. The van der Waals surface area contributed by atoms with E-state index in [4.69, 9.17) is 21.4 Å². The molecule has 1 N–H and O–H groups in total. The summed E-state index contributed by atoms with van der Waals surface area (Å²) in [4.78, 5) is 0. The normalized spacial score (nSPS) is 13.7. The van der Waals surface area contributed by atoms with E-state index in [1.807, 2.05) is 6.92 Å². The Balaban J connectivity index is 2.88. The average Bonchev–Trinajstić information content (AvgIpc) is 1.89. The molecule has 0 rings (SSSR count). The largest absolute Gasteiger partial charge is 0.394 e. The van der Waals surface area contributed by atoms with E-state index in [0.717, 1.165) is 0 Å². The summed E-state index contributed by atoms with van der Waals surface area (Å²) >= 11 is 5.49. The molecular formula is C6H13ClO2. The molecule has 0 aliphatic rings. The van der Waals surface area contributed by atoms with Gasteiger partial charge in [-0.15, -0.1) is 11.6 Å². The molecule has 1 atom stereocenters. The van der Waals surface area contributed by atoms with E-state index in [2.05, 4.69) is 0 Å². The molecule has 1 unspecified atom stereocenters. The Kier molecular flexibility index (Phi) is 6.48. The summed E-state index contributed by atoms with van der Waals surface area (Å²) in [7, 11) is 0. The van der Waals surface area contributed by atoms with Gasteiger partial charge >= 0.3 is 0 Å². The standard InChI is InChI=1S/C6H13ClO2/c1-6(4-7)5-9-3-2-8/h6,8H,2-5H2,1H3. The van der Waals surface area contributed by atoms with Gasteiger partial charge in [0.15, 0.2) is 0 Å². The van der Waals surface area contributed by atoms with Crippen LogP contribution in [0, 0.1) is 5.92 Å². The monoisotopic (exact) mass is 152 g/mol. The molecule has 0 fully saturated rings. The van der Waals surface area contributed by atoms with Crippen LogP contribution in [0.25, 0.3) is 0 Å². The quantitative estimate of drug-likeness (QED) is 0.468. The van der Waals surface area contributed by atoms with Crippen molar-refractivity contribution < 1.29 is 9.84 Å². The molecule has 0 spiro atoms. The Bertz CT molecular complexity index is 59.0. The number of ether oxygens (including phenoxy) is 1. The minimum absolute atomic E-state index is 0.0923. The fraction of sp³-hybridized carbons (Fsp3) is 1.00. The summed E-state index contributed by atoms with van der Waals surface area (Å²) in [5.41, 5.74) is 0. The minimum atomic E-state index is 0.0923. The zero-order valence-corrected chi connectivity index (χ0v) is 6.40. The molecule has 3 heteroatoms. The fourth-order valence-electron chi connectivity index (χ4n) is 0.394. The first kappa shape index (κ1) is 9.21. The molecule has 0 aliphatic carbocycles. The van der Waals surface area contributed by atoms with Crippen LogP contribution in [0.4, 0.5) is 0 Å². The summed E-state index contributed by atoms with van der Waals surface area (Å²) in [6, 6.07) is 0. The van der Waals surface area contributed by atoms with Gasteiger partial charge in [-0.25, -0.2) is 0 Å². The average molecular weight is 153 g/mol. The third-order valence-corrected chi connectivity index (χ3v) is 1.43. The maximum absolute atomic E-state index is 8.29. The van der Waals surface area contributed by atoms with Gasteiger partial charge in [0, 0.05) is 5.88 Å². The van der Waals surface area contributed by atoms with Crippen LogP contribution in [0.5, 0.6) is 0 Å². The fourth-order valence-corrected chi connectivity index (χ4v) is 0.483. The van der Waals surface area contributed by atoms with E-state index in [1.165, 1.54) is 0 Å². The van der Waals surface area contributed by atoms with Gasteiger partial charge in [-0.1, -0.05) is 6.92 Å². The van der Waals surface area contributed by atoms with Crippen molar-refractivity contribution in [2.75, 3.05) is 25.7 Å². The second-order valence-corrected chi connectivity index (χ2v) is 2.37. The minimum Gasteiger partial charge on any atom is -0.394 e. The van der Waals surface area contributed by atoms with E-state index >= 15 is 0 Å². The maximum Gasteiger partial charge on any atom is 0.0697 e. The lowest BCUT2D eigenvalue weighted by Gasteiger charge is -2.05. The summed E-state index contributed by atoms with van der Waals surface area (Å²) in [5.74, 6) is 1.00. The molecule has 0 amide bonds. The molecule has 0 saturated carbocycles. The third kappa shape index (κ3) is 6.09. The van der Waals surface area contributed by atoms with Gasteiger partial charge in [-0.3, -0.25) is 0 Å². The molecular weight excluding hydrogens is 140 g/mol. The molecule has 0 heterocycles. The number of rotatable bonds is 5. The van der Waals surface area contributed by atoms with E-state index in [-0.39, 0.29) is 6.61 Å². The van der Waals surface area contributed by atoms with Gasteiger partial charge in [-0.05, 0) is 5.92 Å². The molecule has 0 aliphatic heterocycles. The van der Waals surface area contributed by atoms with Gasteiger partial charge < -0.3 is 9.84 Å². The molecule has 0 aromatic carbocycles. The number of alkyl halides is 1. The SMILES string of the molecule is CC(CCl)COCCO. The van der Waals surface area contributed by atoms with Crippen molar-refractivity contribution in [2.24, 2.45) is 5.92 Å². The first-order chi connectivity index (χ1) is 4.31. The Labute approximate surface area is 60.8 Å². The third-order valence-electron chi connectivity index (χ3n) is 0.901. The topological polar surface area (TPSA) is 29.5 Å². The highest BCUT2D eigenvalue weighted by atomic mass is 35.5. The Morgan fingerprint density at radius 2 is 2.33 bits per heavy atom.